The summed E-state index contributed by atoms with van der Waals surface area (Å²) in [4.78, 5) is 12.3. The minimum Gasteiger partial charge on any atom is -0.486 e. The minimum atomic E-state index is -4.76. The molecule has 24 heavy (non-hydrogen) atoms. The van der Waals surface area contributed by atoms with Crippen LogP contribution in [0.2, 0.25) is 0 Å². The molecular formula is C16H12F3NO4. The molecule has 0 saturated carbocycles. The van der Waals surface area contributed by atoms with E-state index in [1.54, 1.807) is 18.2 Å². The van der Waals surface area contributed by atoms with Gasteiger partial charge in [-0.1, -0.05) is 6.07 Å². The summed E-state index contributed by atoms with van der Waals surface area (Å²) < 4.78 is 51.0. The van der Waals surface area contributed by atoms with E-state index in [1.165, 1.54) is 12.1 Å². The van der Waals surface area contributed by atoms with Gasteiger partial charge in [0.25, 0.3) is 5.91 Å². The van der Waals surface area contributed by atoms with Gasteiger partial charge in [-0.05, 0) is 36.4 Å². The lowest BCUT2D eigenvalue weighted by atomic mass is 10.1. The van der Waals surface area contributed by atoms with Crippen LogP contribution in [-0.2, 0) is 0 Å². The van der Waals surface area contributed by atoms with Crippen LogP contribution in [0.25, 0.3) is 0 Å². The fourth-order valence-corrected chi connectivity index (χ4v) is 2.19. The number of amides is 1. The number of hydrogen-bond acceptors (Lipinski definition) is 4. The van der Waals surface area contributed by atoms with Gasteiger partial charge in [0.2, 0.25) is 0 Å². The molecule has 2 aromatic carbocycles. The summed E-state index contributed by atoms with van der Waals surface area (Å²) in [7, 11) is 0. The van der Waals surface area contributed by atoms with Crippen LogP contribution in [0, 0.1) is 0 Å². The van der Waals surface area contributed by atoms with E-state index >= 15 is 0 Å². The van der Waals surface area contributed by atoms with Crippen LogP contribution in [0.5, 0.6) is 17.2 Å². The van der Waals surface area contributed by atoms with Gasteiger partial charge in [-0.3, -0.25) is 4.79 Å². The molecule has 0 bridgehead atoms. The second-order valence-corrected chi connectivity index (χ2v) is 4.86. The number of alkyl halides is 3. The second-order valence-electron chi connectivity index (χ2n) is 4.86. The Morgan fingerprint density at radius 2 is 1.75 bits per heavy atom. The summed E-state index contributed by atoms with van der Waals surface area (Å²) in [6.45, 7) is 0.736. The third-order valence-corrected chi connectivity index (χ3v) is 3.16. The topological polar surface area (TPSA) is 56.8 Å². The zero-order valence-corrected chi connectivity index (χ0v) is 12.2. The second kappa shape index (κ2) is 6.31. The molecule has 1 heterocycles. The summed E-state index contributed by atoms with van der Waals surface area (Å²) in [5, 5.41) is 2.59. The Hall–Kier alpha value is -2.90. The fraction of sp³-hybridized carbons (Fsp3) is 0.188. The summed E-state index contributed by atoms with van der Waals surface area (Å²) in [5.41, 5.74) is 0.603. The van der Waals surface area contributed by atoms with Crippen LogP contribution < -0.4 is 19.5 Å². The molecule has 0 atom stereocenters. The molecule has 0 spiro atoms. The van der Waals surface area contributed by atoms with E-state index in [2.05, 4.69) is 10.1 Å². The average Bonchev–Trinajstić information content (AvgIpc) is 2.55. The number of rotatable bonds is 3. The van der Waals surface area contributed by atoms with Crippen LogP contribution >= 0.6 is 0 Å². The number of anilines is 1. The van der Waals surface area contributed by atoms with Gasteiger partial charge in [-0.15, -0.1) is 13.2 Å². The first-order valence-corrected chi connectivity index (χ1v) is 6.98. The minimum absolute atomic E-state index is 0.280. The third kappa shape index (κ3) is 3.70. The lowest BCUT2D eigenvalue weighted by molar-refractivity contribution is -0.274. The van der Waals surface area contributed by atoms with Crippen molar-refractivity contribution in [2.45, 2.75) is 6.36 Å². The Morgan fingerprint density at radius 3 is 2.46 bits per heavy atom. The largest absolute Gasteiger partial charge is 0.573 e. The maximum atomic E-state index is 12.3. The number of hydrogen-bond donors (Lipinski definition) is 1. The molecule has 1 amide bonds. The van der Waals surface area contributed by atoms with Crippen LogP contribution in [0.4, 0.5) is 18.9 Å². The van der Waals surface area contributed by atoms with Crippen molar-refractivity contribution in [2.75, 3.05) is 18.5 Å². The van der Waals surface area contributed by atoms with Crippen molar-refractivity contribution in [3.05, 3.63) is 48.0 Å². The van der Waals surface area contributed by atoms with Gasteiger partial charge >= 0.3 is 6.36 Å². The van der Waals surface area contributed by atoms with E-state index in [0.717, 1.165) is 12.1 Å². The Labute approximate surface area is 134 Å². The molecule has 0 aromatic heterocycles. The predicted molar refractivity (Wildman–Crippen MR) is 78.5 cm³/mol. The van der Waals surface area contributed by atoms with Crippen molar-refractivity contribution < 1.29 is 32.2 Å². The molecule has 1 aliphatic rings. The van der Waals surface area contributed by atoms with Gasteiger partial charge in [0.15, 0.2) is 11.5 Å². The van der Waals surface area contributed by atoms with Crippen LogP contribution in [0.3, 0.4) is 0 Å². The third-order valence-electron chi connectivity index (χ3n) is 3.16. The van der Waals surface area contributed by atoms with E-state index in [-0.39, 0.29) is 11.3 Å². The molecule has 5 nitrogen and oxygen atoms in total. The molecule has 0 saturated heterocycles. The highest BCUT2D eigenvalue weighted by molar-refractivity contribution is 6.06. The number of carbonyl (C=O) groups is 1. The Balaban J connectivity index is 1.74. The van der Waals surface area contributed by atoms with Crippen molar-refractivity contribution >= 4 is 11.6 Å². The van der Waals surface area contributed by atoms with Gasteiger partial charge in [0.1, 0.15) is 19.0 Å². The number of fused-ring (bicyclic) bond motifs is 1. The van der Waals surface area contributed by atoms with Gasteiger partial charge < -0.3 is 19.5 Å². The molecule has 1 N–H and O–H groups in total. The first-order chi connectivity index (χ1) is 11.4. The first kappa shape index (κ1) is 16.0. The van der Waals surface area contributed by atoms with Crippen LogP contribution in [0.1, 0.15) is 10.4 Å². The molecule has 126 valence electrons. The number of carbonyl (C=O) groups excluding carboxylic acids is 1. The fourth-order valence-electron chi connectivity index (χ4n) is 2.19. The van der Waals surface area contributed by atoms with E-state index in [9.17, 15) is 18.0 Å². The standard InChI is InChI=1S/C16H12F3NO4/c17-16(18,19)24-11-6-4-10(5-7-11)20-15(21)12-2-1-3-13-14(12)23-9-8-22-13/h1-7H,8-9H2,(H,20,21). The van der Waals surface area contributed by atoms with Gasteiger partial charge in [-0.25, -0.2) is 0 Å². The summed E-state index contributed by atoms with van der Waals surface area (Å²) in [5.74, 6) is -0.00253. The van der Waals surface area contributed by atoms with Crippen molar-refractivity contribution in [1.29, 1.82) is 0 Å². The monoisotopic (exact) mass is 339 g/mol. The van der Waals surface area contributed by atoms with Gasteiger partial charge in [0, 0.05) is 5.69 Å². The van der Waals surface area contributed by atoms with E-state index in [0.29, 0.717) is 30.4 Å². The lowest BCUT2D eigenvalue weighted by Crippen LogP contribution is -2.20. The molecule has 8 heteroatoms. The molecule has 3 rings (SSSR count). The summed E-state index contributed by atoms with van der Waals surface area (Å²) in [6, 6.07) is 9.77. The molecule has 1 aliphatic heterocycles. The Kier molecular flexibility index (Phi) is 4.20. The van der Waals surface area contributed by atoms with Crippen molar-refractivity contribution in [2.24, 2.45) is 0 Å². The smallest absolute Gasteiger partial charge is 0.486 e. The molecule has 0 aliphatic carbocycles. The van der Waals surface area contributed by atoms with E-state index in [1.807, 2.05) is 0 Å². The normalized spacial score (nSPS) is 13.3. The predicted octanol–water partition coefficient (Wildman–Crippen LogP) is 3.61. The number of nitrogens with one attached hydrogen (secondary N) is 1. The highest BCUT2D eigenvalue weighted by Gasteiger charge is 2.31. The molecule has 0 fully saturated rings. The van der Waals surface area contributed by atoms with Crippen molar-refractivity contribution in [3.63, 3.8) is 0 Å². The van der Waals surface area contributed by atoms with E-state index < -0.39 is 12.3 Å². The zero-order valence-electron chi connectivity index (χ0n) is 12.2. The number of ether oxygens (including phenoxy) is 3. The average molecular weight is 339 g/mol. The van der Waals surface area contributed by atoms with Crippen LogP contribution in [-0.4, -0.2) is 25.5 Å². The molecular weight excluding hydrogens is 327 g/mol. The Bertz CT molecular complexity index is 744. The lowest BCUT2D eigenvalue weighted by Gasteiger charge is -2.20. The zero-order chi connectivity index (χ0) is 17.2. The van der Waals surface area contributed by atoms with Gasteiger partial charge in [-0.2, -0.15) is 0 Å². The number of para-hydroxylation sites is 1. The molecule has 0 radical (unpaired) electrons. The summed E-state index contributed by atoms with van der Waals surface area (Å²) >= 11 is 0. The SMILES string of the molecule is O=C(Nc1ccc(OC(F)(F)F)cc1)c1cccc2c1OCCO2. The maximum Gasteiger partial charge on any atom is 0.573 e. The number of benzene rings is 2. The molecule has 0 unspecified atom stereocenters. The quantitative estimate of drug-likeness (QED) is 0.928. The van der Waals surface area contributed by atoms with Crippen LogP contribution in [0.15, 0.2) is 42.5 Å². The molecule has 2 aromatic rings. The number of halogens is 3. The van der Waals surface area contributed by atoms with Gasteiger partial charge in [0.05, 0.1) is 5.56 Å². The first-order valence-electron chi connectivity index (χ1n) is 6.98. The van der Waals surface area contributed by atoms with Crippen molar-refractivity contribution in [3.8, 4) is 17.2 Å². The summed E-state index contributed by atoms with van der Waals surface area (Å²) in [6.07, 6.45) is -4.76. The maximum absolute atomic E-state index is 12.3. The highest BCUT2D eigenvalue weighted by atomic mass is 19.4. The van der Waals surface area contributed by atoms with E-state index in [4.69, 9.17) is 9.47 Å². The van der Waals surface area contributed by atoms with Crippen molar-refractivity contribution in [1.82, 2.24) is 0 Å². The Morgan fingerprint density at radius 1 is 1.04 bits per heavy atom. The highest BCUT2D eigenvalue weighted by Crippen LogP contribution is 2.34.